The quantitative estimate of drug-likeness (QED) is 0.731. The van der Waals surface area contributed by atoms with Crippen LogP contribution < -0.4 is 0 Å². The minimum Gasteiger partial charge on any atom is -0.463 e. The van der Waals surface area contributed by atoms with Gasteiger partial charge in [-0.15, -0.1) is 12.3 Å². The molecule has 1 unspecified atom stereocenters. The van der Waals surface area contributed by atoms with Crippen LogP contribution in [0.1, 0.15) is 44.8 Å². The molecule has 1 atom stereocenters. The second kappa shape index (κ2) is 3.89. The Balaban J connectivity index is 2.84. The van der Waals surface area contributed by atoms with Crippen molar-refractivity contribution in [2.75, 3.05) is 0 Å². The zero-order valence-electron chi connectivity index (χ0n) is 8.87. The van der Waals surface area contributed by atoms with Gasteiger partial charge in [0.05, 0.1) is 0 Å². The second-order valence-corrected chi connectivity index (χ2v) is 4.38. The number of terminal acetylenes is 1. The van der Waals surface area contributed by atoms with Gasteiger partial charge in [-0.05, 0) is 12.1 Å². The minimum atomic E-state index is -0.684. The summed E-state index contributed by atoms with van der Waals surface area (Å²) in [6, 6.07) is 3.66. The third kappa shape index (κ3) is 2.40. The molecule has 0 saturated carbocycles. The van der Waals surface area contributed by atoms with Gasteiger partial charge in [-0.2, -0.15) is 0 Å². The van der Waals surface area contributed by atoms with E-state index in [0.29, 0.717) is 5.76 Å². The molecule has 1 rings (SSSR count). The molecule has 1 N–H and O–H groups in total. The van der Waals surface area contributed by atoms with Crippen molar-refractivity contribution >= 4 is 0 Å². The summed E-state index contributed by atoms with van der Waals surface area (Å²) in [7, 11) is 0. The molecule has 0 aliphatic rings. The van der Waals surface area contributed by atoms with Gasteiger partial charge in [0, 0.05) is 11.8 Å². The SMILES string of the molecule is C#CCC(O)c1ccc(C(C)(C)C)o1. The van der Waals surface area contributed by atoms with E-state index < -0.39 is 6.10 Å². The Kier molecular flexibility index (Phi) is 3.03. The third-order valence-corrected chi connectivity index (χ3v) is 2.01. The lowest BCUT2D eigenvalue weighted by Crippen LogP contribution is -2.09. The van der Waals surface area contributed by atoms with Crippen LogP contribution in [0.15, 0.2) is 16.5 Å². The highest BCUT2D eigenvalue weighted by atomic mass is 16.4. The van der Waals surface area contributed by atoms with Crippen molar-refractivity contribution in [3.05, 3.63) is 23.7 Å². The fourth-order valence-electron chi connectivity index (χ4n) is 1.15. The Morgan fingerprint density at radius 3 is 2.57 bits per heavy atom. The summed E-state index contributed by atoms with van der Waals surface area (Å²) in [6.45, 7) is 6.18. The third-order valence-electron chi connectivity index (χ3n) is 2.01. The summed E-state index contributed by atoms with van der Waals surface area (Å²) in [5.74, 6) is 3.82. The van der Waals surface area contributed by atoms with Gasteiger partial charge >= 0.3 is 0 Å². The maximum absolute atomic E-state index is 9.56. The van der Waals surface area contributed by atoms with Gasteiger partial charge in [0.1, 0.15) is 17.6 Å². The molecule has 0 saturated heterocycles. The molecule has 0 amide bonds. The van der Waals surface area contributed by atoms with E-state index in [2.05, 4.69) is 26.7 Å². The molecule has 0 aliphatic carbocycles. The van der Waals surface area contributed by atoms with Crippen molar-refractivity contribution in [2.45, 2.75) is 38.7 Å². The molecule has 76 valence electrons. The van der Waals surface area contributed by atoms with Crippen LogP contribution in [-0.2, 0) is 5.41 Å². The van der Waals surface area contributed by atoms with Crippen molar-refractivity contribution in [3.8, 4) is 12.3 Å². The largest absolute Gasteiger partial charge is 0.463 e. The van der Waals surface area contributed by atoms with E-state index in [1.807, 2.05) is 6.07 Å². The lowest BCUT2D eigenvalue weighted by molar-refractivity contribution is 0.150. The van der Waals surface area contributed by atoms with E-state index in [0.717, 1.165) is 5.76 Å². The number of aliphatic hydroxyl groups is 1. The molecule has 0 aromatic carbocycles. The second-order valence-electron chi connectivity index (χ2n) is 4.38. The topological polar surface area (TPSA) is 33.4 Å². The predicted octanol–water partition coefficient (Wildman–Crippen LogP) is 2.63. The van der Waals surface area contributed by atoms with Gasteiger partial charge in [-0.25, -0.2) is 0 Å². The van der Waals surface area contributed by atoms with Crippen LogP contribution >= 0.6 is 0 Å². The summed E-state index contributed by atoms with van der Waals surface area (Å²) in [4.78, 5) is 0. The van der Waals surface area contributed by atoms with Gasteiger partial charge < -0.3 is 9.52 Å². The van der Waals surface area contributed by atoms with Gasteiger partial charge in [0.2, 0.25) is 0 Å². The fraction of sp³-hybridized carbons (Fsp3) is 0.500. The Labute approximate surface area is 84.9 Å². The molecular weight excluding hydrogens is 176 g/mol. The zero-order valence-corrected chi connectivity index (χ0v) is 8.87. The van der Waals surface area contributed by atoms with E-state index in [-0.39, 0.29) is 11.8 Å². The van der Waals surface area contributed by atoms with Gasteiger partial charge in [-0.1, -0.05) is 20.8 Å². The molecule has 1 aromatic heterocycles. The van der Waals surface area contributed by atoms with Crippen LogP contribution in [0.2, 0.25) is 0 Å². The molecule has 2 heteroatoms. The monoisotopic (exact) mass is 192 g/mol. The van der Waals surface area contributed by atoms with Crippen molar-refractivity contribution in [2.24, 2.45) is 0 Å². The highest BCUT2D eigenvalue weighted by Gasteiger charge is 2.20. The normalized spacial score (nSPS) is 13.6. The van der Waals surface area contributed by atoms with Gasteiger partial charge in [0.25, 0.3) is 0 Å². The molecule has 0 aliphatic heterocycles. The van der Waals surface area contributed by atoms with Crippen LogP contribution in [0, 0.1) is 12.3 Å². The molecule has 1 aromatic rings. The molecule has 0 spiro atoms. The van der Waals surface area contributed by atoms with E-state index in [9.17, 15) is 5.11 Å². The molecule has 0 radical (unpaired) electrons. The van der Waals surface area contributed by atoms with Crippen molar-refractivity contribution in [1.29, 1.82) is 0 Å². The summed E-state index contributed by atoms with van der Waals surface area (Å²) in [6.07, 6.45) is 4.71. The Morgan fingerprint density at radius 1 is 1.50 bits per heavy atom. The molecule has 0 fully saturated rings. The molecule has 14 heavy (non-hydrogen) atoms. The number of hydrogen-bond donors (Lipinski definition) is 1. The van der Waals surface area contributed by atoms with Crippen LogP contribution in [0.4, 0.5) is 0 Å². The highest BCUT2D eigenvalue weighted by Crippen LogP contribution is 2.27. The molecule has 1 heterocycles. The number of rotatable bonds is 2. The number of aliphatic hydroxyl groups excluding tert-OH is 1. The van der Waals surface area contributed by atoms with Crippen LogP contribution in [0.3, 0.4) is 0 Å². The Hall–Kier alpha value is -1.20. The standard InChI is InChI=1S/C12H16O2/c1-5-6-9(13)10-7-8-11(14-10)12(2,3)4/h1,7-9,13H,6H2,2-4H3. The van der Waals surface area contributed by atoms with E-state index in [1.165, 1.54) is 0 Å². The summed E-state index contributed by atoms with van der Waals surface area (Å²) < 4.78 is 5.52. The van der Waals surface area contributed by atoms with E-state index in [4.69, 9.17) is 10.8 Å². The summed E-state index contributed by atoms with van der Waals surface area (Å²) in [5, 5.41) is 9.56. The first-order chi connectivity index (χ1) is 6.45. The van der Waals surface area contributed by atoms with Gasteiger partial charge in [0.15, 0.2) is 0 Å². The fourth-order valence-corrected chi connectivity index (χ4v) is 1.15. The van der Waals surface area contributed by atoms with E-state index in [1.54, 1.807) is 6.07 Å². The number of furan rings is 1. The predicted molar refractivity (Wildman–Crippen MR) is 55.8 cm³/mol. The lowest BCUT2D eigenvalue weighted by atomic mass is 9.94. The lowest BCUT2D eigenvalue weighted by Gasteiger charge is -2.14. The number of hydrogen-bond acceptors (Lipinski definition) is 2. The maximum Gasteiger partial charge on any atom is 0.133 e. The molecular formula is C12H16O2. The van der Waals surface area contributed by atoms with Crippen molar-refractivity contribution in [1.82, 2.24) is 0 Å². The first-order valence-corrected chi connectivity index (χ1v) is 4.67. The average molecular weight is 192 g/mol. The smallest absolute Gasteiger partial charge is 0.133 e. The highest BCUT2D eigenvalue weighted by molar-refractivity contribution is 5.16. The Morgan fingerprint density at radius 2 is 2.14 bits per heavy atom. The summed E-state index contributed by atoms with van der Waals surface area (Å²) in [5.41, 5.74) is -0.0336. The van der Waals surface area contributed by atoms with Crippen molar-refractivity contribution < 1.29 is 9.52 Å². The average Bonchev–Trinajstić information content (AvgIpc) is 2.51. The maximum atomic E-state index is 9.56. The first-order valence-electron chi connectivity index (χ1n) is 4.67. The molecule has 0 bridgehead atoms. The summed E-state index contributed by atoms with van der Waals surface area (Å²) >= 11 is 0. The first kappa shape index (κ1) is 10.9. The zero-order chi connectivity index (χ0) is 10.8. The Bertz CT molecular complexity index is 336. The van der Waals surface area contributed by atoms with Crippen molar-refractivity contribution in [3.63, 3.8) is 0 Å². The molecule has 2 nitrogen and oxygen atoms in total. The van der Waals surface area contributed by atoms with Crippen LogP contribution in [-0.4, -0.2) is 5.11 Å². The minimum absolute atomic E-state index is 0.0336. The van der Waals surface area contributed by atoms with Crippen LogP contribution in [0.25, 0.3) is 0 Å². The van der Waals surface area contributed by atoms with E-state index >= 15 is 0 Å². The van der Waals surface area contributed by atoms with Gasteiger partial charge in [-0.3, -0.25) is 0 Å². The van der Waals surface area contributed by atoms with Crippen LogP contribution in [0.5, 0.6) is 0 Å².